The predicted molar refractivity (Wildman–Crippen MR) is 73.5 cm³/mol. The number of carbonyl (C=O) groups excluding carboxylic acids is 1. The van der Waals surface area contributed by atoms with Gasteiger partial charge in [-0.2, -0.15) is 0 Å². The van der Waals surface area contributed by atoms with E-state index in [4.69, 9.17) is 0 Å². The molecule has 19 heavy (non-hydrogen) atoms. The van der Waals surface area contributed by atoms with Crippen molar-refractivity contribution in [1.82, 2.24) is 5.32 Å². The first kappa shape index (κ1) is 13.3. The van der Waals surface area contributed by atoms with E-state index in [1.165, 1.54) is 6.07 Å². The fourth-order valence-corrected chi connectivity index (χ4v) is 1.84. The van der Waals surface area contributed by atoms with Gasteiger partial charge in [0.25, 0.3) is 5.91 Å². The Morgan fingerprint density at radius 1 is 1.16 bits per heavy atom. The standard InChI is InChI=1S/C16H16FNO/c1-11-4-3-5-13(8-11)10-18-16(19)14-7-6-12(2)15(17)9-14/h3-9H,10H2,1-2H3,(H,18,19). The Morgan fingerprint density at radius 2 is 1.95 bits per heavy atom. The third-order valence-corrected chi connectivity index (χ3v) is 2.97. The van der Waals surface area contributed by atoms with Gasteiger partial charge in [-0.25, -0.2) is 4.39 Å². The van der Waals surface area contributed by atoms with Gasteiger partial charge in [0.05, 0.1) is 0 Å². The van der Waals surface area contributed by atoms with Crippen molar-refractivity contribution in [3.8, 4) is 0 Å². The Hall–Kier alpha value is -2.16. The monoisotopic (exact) mass is 257 g/mol. The van der Waals surface area contributed by atoms with Crippen molar-refractivity contribution in [1.29, 1.82) is 0 Å². The Bertz CT molecular complexity index is 607. The SMILES string of the molecule is Cc1cccc(CNC(=O)c2ccc(C)c(F)c2)c1. The number of benzene rings is 2. The third-order valence-electron chi connectivity index (χ3n) is 2.97. The van der Waals surface area contributed by atoms with Crippen LogP contribution in [0.4, 0.5) is 4.39 Å². The summed E-state index contributed by atoms with van der Waals surface area (Å²) < 4.78 is 13.4. The Balaban J connectivity index is 2.03. The topological polar surface area (TPSA) is 29.1 Å². The summed E-state index contributed by atoms with van der Waals surface area (Å²) in [5.41, 5.74) is 3.06. The van der Waals surface area contributed by atoms with Gasteiger partial charge in [-0.15, -0.1) is 0 Å². The molecule has 0 heterocycles. The van der Waals surface area contributed by atoms with Crippen molar-refractivity contribution in [3.05, 3.63) is 70.5 Å². The number of carbonyl (C=O) groups is 1. The summed E-state index contributed by atoms with van der Waals surface area (Å²) in [4.78, 5) is 11.9. The zero-order valence-corrected chi connectivity index (χ0v) is 11.0. The lowest BCUT2D eigenvalue weighted by atomic mass is 10.1. The number of hydrogen-bond donors (Lipinski definition) is 1. The quantitative estimate of drug-likeness (QED) is 0.897. The first-order valence-electron chi connectivity index (χ1n) is 6.16. The van der Waals surface area contributed by atoms with Crippen molar-refractivity contribution in [2.75, 3.05) is 0 Å². The van der Waals surface area contributed by atoms with Crippen LogP contribution in [0.2, 0.25) is 0 Å². The van der Waals surface area contributed by atoms with E-state index in [1.807, 2.05) is 31.2 Å². The molecule has 0 radical (unpaired) electrons. The van der Waals surface area contributed by atoms with Gasteiger partial charge >= 0.3 is 0 Å². The zero-order valence-electron chi connectivity index (χ0n) is 11.0. The van der Waals surface area contributed by atoms with Gasteiger partial charge in [0, 0.05) is 12.1 Å². The van der Waals surface area contributed by atoms with E-state index in [1.54, 1.807) is 19.1 Å². The molecule has 1 amide bonds. The molecule has 0 aliphatic carbocycles. The van der Waals surface area contributed by atoms with Gasteiger partial charge in [-0.1, -0.05) is 35.9 Å². The highest BCUT2D eigenvalue weighted by Gasteiger charge is 2.07. The Kier molecular flexibility index (Phi) is 3.95. The second-order valence-electron chi connectivity index (χ2n) is 4.64. The van der Waals surface area contributed by atoms with E-state index in [-0.39, 0.29) is 11.7 Å². The molecule has 1 N–H and O–H groups in total. The number of aryl methyl sites for hydroxylation is 2. The molecule has 0 saturated carbocycles. The maximum Gasteiger partial charge on any atom is 0.251 e. The molecule has 2 rings (SSSR count). The van der Waals surface area contributed by atoms with Gasteiger partial charge in [-0.3, -0.25) is 4.79 Å². The van der Waals surface area contributed by atoms with Crippen LogP contribution in [0, 0.1) is 19.7 Å². The van der Waals surface area contributed by atoms with Crippen molar-refractivity contribution in [3.63, 3.8) is 0 Å². The lowest BCUT2D eigenvalue weighted by Crippen LogP contribution is -2.22. The van der Waals surface area contributed by atoms with Crippen LogP contribution in [0.3, 0.4) is 0 Å². The highest BCUT2D eigenvalue weighted by atomic mass is 19.1. The minimum Gasteiger partial charge on any atom is -0.348 e. The van der Waals surface area contributed by atoms with Gasteiger partial charge < -0.3 is 5.32 Å². The molecular weight excluding hydrogens is 241 g/mol. The Labute approximate surface area is 112 Å². The lowest BCUT2D eigenvalue weighted by molar-refractivity contribution is 0.0950. The highest BCUT2D eigenvalue weighted by Crippen LogP contribution is 2.09. The molecule has 0 unspecified atom stereocenters. The van der Waals surface area contributed by atoms with Crippen LogP contribution in [0.1, 0.15) is 27.0 Å². The smallest absolute Gasteiger partial charge is 0.251 e. The van der Waals surface area contributed by atoms with E-state index in [9.17, 15) is 9.18 Å². The van der Waals surface area contributed by atoms with E-state index in [2.05, 4.69) is 5.32 Å². The summed E-state index contributed by atoms with van der Waals surface area (Å²) in [5.74, 6) is -0.622. The lowest BCUT2D eigenvalue weighted by Gasteiger charge is -2.07. The van der Waals surface area contributed by atoms with Crippen molar-refractivity contribution in [2.24, 2.45) is 0 Å². The number of amides is 1. The zero-order chi connectivity index (χ0) is 13.8. The summed E-state index contributed by atoms with van der Waals surface area (Å²) in [7, 11) is 0. The van der Waals surface area contributed by atoms with Crippen LogP contribution in [0.25, 0.3) is 0 Å². The molecule has 0 fully saturated rings. The van der Waals surface area contributed by atoms with Crippen LogP contribution in [0.5, 0.6) is 0 Å². The first-order valence-corrected chi connectivity index (χ1v) is 6.16. The minimum absolute atomic E-state index is 0.264. The molecule has 0 aliphatic heterocycles. The predicted octanol–water partition coefficient (Wildman–Crippen LogP) is 3.37. The maximum absolute atomic E-state index is 13.4. The van der Waals surface area contributed by atoms with Crippen molar-refractivity contribution < 1.29 is 9.18 Å². The summed E-state index contributed by atoms with van der Waals surface area (Å²) in [5, 5.41) is 2.78. The Morgan fingerprint density at radius 3 is 2.63 bits per heavy atom. The number of hydrogen-bond acceptors (Lipinski definition) is 1. The van der Waals surface area contributed by atoms with Crippen LogP contribution in [0.15, 0.2) is 42.5 Å². The number of halogens is 1. The van der Waals surface area contributed by atoms with E-state index in [0.717, 1.165) is 11.1 Å². The number of rotatable bonds is 3. The summed E-state index contributed by atoms with van der Waals surface area (Å²) in [6.45, 7) is 4.11. The largest absolute Gasteiger partial charge is 0.348 e. The van der Waals surface area contributed by atoms with E-state index >= 15 is 0 Å². The third kappa shape index (κ3) is 3.41. The molecular formula is C16H16FNO. The molecule has 0 spiro atoms. The maximum atomic E-state index is 13.4. The van der Waals surface area contributed by atoms with Crippen molar-refractivity contribution in [2.45, 2.75) is 20.4 Å². The van der Waals surface area contributed by atoms with Crippen molar-refractivity contribution >= 4 is 5.91 Å². The second kappa shape index (κ2) is 5.65. The summed E-state index contributed by atoms with van der Waals surface area (Å²) in [6.07, 6.45) is 0. The van der Waals surface area contributed by atoms with Crippen LogP contribution < -0.4 is 5.32 Å². The van der Waals surface area contributed by atoms with Gasteiger partial charge in [-0.05, 0) is 37.1 Å². The second-order valence-corrected chi connectivity index (χ2v) is 4.64. The molecule has 0 saturated heterocycles. The van der Waals surface area contributed by atoms with Crippen LogP contribution in [-0.2, 0) is 6.54 Å². The average Bonchev–Trinajstić information content (AvgIpc) is 2.39. The molecule has 0 aromatic heterocycles. The van der Waals surface area contributed by atoms with Gasteiger partial charge in [0.15, 0.2) is 0 Å². The fraction of sp³-hybridized carbons (Fsp3) is 0.188. The molecule has 98 valence electrons. The van der Waals surface area contributed by atoms with E-state index < -0.39 is 0 Å². The number of nitrogens with one attached hydrogen (secondary N) is 1. The average molecular weight is 257 g/mol. The van der Waals surface area contributed by atoms with Gasteiger partial charge in [0.1, 0.15) is 5.82 Å². The highest BCUT2D eigenvalue weighted by molar-refractivity contribution is 5.94. The minimum atomic E-state index is -0.358. The fourth-order valence-electron chi connectivity index (χ4n) is 1.84. The normalized spacial score (nSPS) is 10.3. The molecule has 2 aromatic carbocycles. The summed E-state index contributed by atoms with van der Waals surface area (Å²) >= 11 is 0. The summed E-state index contributed by atoms with van der Waals surface area (Å²) in [6, 6.07) is 12.4. The molecule has 2 nitrogen and oxygen atoms in total. The molecule has 3 heteroatoms. The van der Waals surface area contributed by atoms with Gasteiger partial charge in [0.2, 0.25) is 0 Å². The molecule has 0 atom stereocenters. The van der Waals surface area contributed by atoms with Crippen LogP contribution >= 0.6 is 0 Å². The van der Waals surface area contributed by atoms with E-state index in [0.29, 0.717) is 17.7 Å². The first-order chi connectivity index (χ1) is 9.06. The van der Waals surface area contributed by atoms with Crippen LogP contribution in [-0.4, -0.2) is 5.91 Å². The molecule has 0 aliphatic rings. The molecule has 2 aromatic rings. The molecule has 0 bridgehead atoms.